The van der Waals surface area contributed by atoms with E-state index in [2.05, 4.69) is 0 Å². The van der Waals surface area contributed by atoms with Crippen LogP contribution in [0.2, 0.25) is 0 Å². The lowest BCUT2D eigenvalue weighted by Crippen LogP contribution is -2.38. The maximum atomic E-state index is 13.5. The topological polar surface area (TPSA) is 76.5 Å². The van der Waals surface area contributed by atoms with Crippen molar-refractivity contribution in [3.05, 3.63) is 90.6 Å². The van der Waals surface area contributed by atoms with Gasteiger partial charge < -0.3 is 4.90 Å². The predicted molar refractivity (Wildman–Crippen MR) is 127 cm³/mol. The van der Waals surface area contributed by atoms with Crippen LogP contribution in [0.1, 0.15) is 23.2 Å². The molecule has 1 aromatic heterocycles. The summed E-state index contributed by atoms with van der Waals surface area (Å²) < 4.78 is 28.4. The van der Waals surface area contributed by atoms with Gasteiger partial charge in [0.1, 0.15) is 5.78 Å². The van der Waals surface area contributed by atoms with Crippen LogP contribution in [0.15, 0.2) is 90.0 Å². The first-order valence-electron chi connectivity index (χ1n) is 10.8. The van der Waals surface area contributed by atoms with Crippen LogP contribution < -0.4 is 0 Å². The Morgan fingerprint density at radius 2 is 1.42 bits per heavy atom. The van der Waals surface area contributed by atoms with E-state index in [9.17, 15) is 18.0 Å². The maximum absolute atomic E-state index is 13.5. The van der Waals surface area contributed by atoms with Gasteiger partial charge in [0.15, 0.2) is 0 Å². The molecule has 1 saturated heterocycles. The highest BCUT2D eigenvalue weighted by Crippen LogP contribution is 2.33. The highest BCUT2D eigenvalue weighted by molar-refractivity contribution is 7.90. The molecule has 0 radical (unpaired) electrons. The van der Waals surface area contributed by atoms with Gasteiger partial charge in [0.25, 0.3) is 15.9 Å². The van der Waals surface area contributed by atoms with E-state index >= 15 is 0 Å². The maximum Gasteiger partial charge on any atom is 0.268 e. The van der Waals surface area contributed by atoms with E-state index in [0.717, 1.165) is 16.5 Å². The molecule has 1 aliphatic rings. The van der Waals surface area contributed by atoms with Crippen LogP contribution in [0.25, 0.3) is 22.0 Å². The Morgan fingerprint density at radius 3 is 2.12 bits per heavy atom. The predicted octanol–water partition coefficient (Wildman–Crippen LogP) is 4.35. The second kappa shape index (κ2) is 8.33. The molecular formula is C26H22N2O4S. The first-order chi connectivity index (χ1) is 15.9. The molecule has 0 N–H and O–H groups in total. The van der Waals surface area contributed by atoms with Gasteiger partial charge in [-0.3, -0.25) is 9.59 Å². The molecule has 0 bridgehead atoms. The van der Waals surface area contributed by atoms with Gasteiger partial charge in [-0.25, -0.2) is 12.4 Å². The number of hydrogen-bond acceptors (Lipinski definition) is 4. The second-order valence-corrected chi connectivity index (χ2v) is 9.90. The number of hydrogen-bond donors (Lipinski definition) is 0. The summed E-state index contributed by atoms with van der Waals surface area (Å²) in [7, 11) is -3.88. The van der Waals surface area contributed by atoms with Gasteiger partial charge in [-0.2, -0.15) is 0 Å². The molecule has 0 atom stereocenters. The van der Waals surface area contributed by atoms with Crippen molar-refractivity contribution in [2.45, 2.75) is 17.7 Å². The summed E-state index contributed by atoms with van der Waals surface area (Å²) in [6.07, 6.45) is 2.38. The number of para-hydroxylation sites is 1. The molecule has 6 nitrogen and oxygen atoms in total. The molecule has 1 aliphatic heterocycles. The zero-order valence-electron chi connectivity index (χ0n) is 17.8. The number of ketones is 1. The van der Waals surface area contributed by atoms with Gasteiger partial charge in [-0.1, -0.05) is 48.5 Å². The zero-order valence-corrected chi connectivity index (χ0v) is 18.7. The molecule has 0 spiro atoms. The third-order valence-electron chi connectivity index (χ3n) is 6.03. The van der Waals surface area contributed by atoms with Crippen molar-refractivity contribution in [3.63, 3.8) is 0 Å². The number of amides is 1. The van der Waals surface area contributed by atoms with Crippen LogP contribution in [0.3, 0.4) is 0 Å². The fraction of sp³-hybridized carbons (Fsp3) is 0.154. The molecule has 4 aromatic rings. The number of carbonyl (C=O) groups excluding carboxylic acids is 2. The summed E-state index contributed by atoms with van der Waals surface area (Å²) in [6.45, 7) is 0.796. The van der Waals surface area contributed by atoms with Gasteiger partial charge in [0, 0.05) is 48.6 Å². The molecule has 5 rings (SSSR count). The lowest BCUT2D eigenvalue weighted by molar-refractivity contribution is -0.120. The van der Waals surface area contributed by atoms with E-state index in [1.807, 2.05) is 48.5 Å². The lowest BCUT2D eigenvalue weighted by Gasteiger charge is -2.26. The fourth-order valence-corrected chi connectivity index (χ4v) is 5.59. The SMILES string of the molecule is O=C1CCN(C(=O)c2ccc(S(=O)(=O)n3cc(-c4ccccc4)c4ccccc43)cc2)CC1. The Morgan fingerprint density at radius 1 is 0.788 bits per heavy atom. The van der Waals surface area contributed by atoms with E-state index in [1.165, 1.54) is 28.2 Å². The third-order valence-corrected chi connectivity index (χ3v) is 7.72. The lowest BCUT2D eigenvalue weighted by atomic mass is 10.1. The molecule has 1 fully saturated rings. The summed E-state index contributed by atoms with van der Waals surface area (Å²) in [6, 6.07) is 23.1. The number of likely N-dealkylation sites (tertiary alicyclic amines) is 1. The summed E-state index contributed by atoms with van der Waals surface area (Å²) in [4.78, 5) is 25.9. The highest BCUT2D eigenvalue weighted by Gasteiger charge is 2.24. The number of benzene rings is 3. The van der Waals surface area contributed by atoms with Crippen LogP contribution >= 0.6 is 0 Å². The minimum absolute atomic E-state index is 0.105. The van der Waals surface area contributed by atoms with Crippen molar-refractivity contribution < 1.29 is 18.0 Å². The Hall–Kier alpha value is -3.71. The number of rotatable bonds is 4. The average molecular weight is 459 g/mol. The first kappa shape index (κ1) is 21.2. The van der Waals surface area contributed by atoms with Crippen LogP contribution in [-0.4, -0.2) is 42.1 Å². The molecule has 0 aliphatic carbocycles. The number of piperidine rings is 1. The van der Waals surface area contributed by atoms with Crippen molar-refractivity contribution in [1.29, 1.82) is 0 Å². The quantitative estimate of drug-likeness (QED) is 0.456. The van der Waals surface area contributed by atoms with E-state index in [4.69, 9.17) is 0 Å². The monoisotopic (exact) mass is 458 g/mol. The van der Waals surface area contributed by atoms with Crippen LogP contribution in [-0.2, 0) is 14.8 Å². The molecule has 7 heteroatoms. The molecule has 0 saturated carbocycles. The zero-order chi connectivity index (χ0) is 23.0. The summed E-state index contributed by atoms with van der Waals surface area (Å²) in [5, 5.41) is 0.846. The minimum atomic E-state index is -3.88. The van der Waals surface area contributed by atoms with E-state index in [0.29, 0.717) is 37.0 Å². The average Bonchev–Trinajstić information content (AvgIpc) is 3.25. The molecule has 3 aromatic carbocycles. The van der Waals surface area contributed by atoms with E-state index in [-0.39, 0.29) is 16.6 Å². The number of nitrogens with zero attached hydrogens (tertiary/aromatic N) is 2. The Kier molecular flexibility index (Phi) is 5.34. The summed E-state index contributed by atoms with van der Waals surface area (Å²) in [5.74, 6) is -0.0291. The summed E-state index contributed by atoms with van der Waals surface area (Å²) in [5.41, 5.74) is 2.77. The Balaban J connectivity index is 1.50. The summed E-state index contributed by atoms with van der Waals surface area (Å²) >= 11 is 0. The number of carbonyl (C=O) groups is 2. The van der Waals surface area contributed by atoms with Gasteiger partial charge in [0.2, 0.25) is 0 Å². The van der Waals surface area contributed by atoms with Gasteiger partial charge >= 0.3 is 0 Å². The van der Waals surface area contributed by atoms with Gasteiger partial charge in [-0.05, 0) is 35.9 Å². The Labute approximate surface area is 192 Å². The number of fused-ring (bicyclic) bond motifs is 1. The van der Waals surface area contributed by atoms with Crippen molar-refractivity contribution in [2.75, 3.05) is 13.1 Å². The van der Waals surface area contributed by atoms with Crippen LogP contribution in [0.5, 0.6) is 0 Å². The van der Waals surface area contributed by atoms with Crippen LogP contribution in [0.4, 0.5) is 0 Å². The normalized spacial score (nSPS) is 14.5. The van der Waals surface area contributed by atoms with E-state index < -0.39 is 10.0 Å². The van der Waals surface area contributed by atoms with Crippen LogP contribution in [0, 0.1) is 0 Å². The minimum Gasteiger partial charge on any atom is -0.338 e. The highest BCUT2D eigenvalue weighted by atomic mass is 32.2. The van der Waals surface area contributed by atoms with Crippen molar-refractivity contribution >= 4 is 32.6 Å². The Bertz CT molecular complexity index is 1450. The third kappa shape index (κ3) is 3.85. The molecule has 0 unspecified atom stereocenters. The molecule has 1 amide bonds. The standard InChI is InChI=1S/C26H22N2O4S/c29-21-14-16-27(17-15-21)26(30)20-10-12-22(13-11-20)33(31,32)28-18-24(19-6-2-1-3-7-19)23-8-4-5-9-25(23)28/h1-13,18H,14-17H2. The van der Waals surface area contributed by atoms with Crippen molar-refractivity contribution in [1.82, 2.24) is 8.87 Å². The smallest absolute Gasteiger partial charge is 0.268 e. The largest absolute Gasteiger partial charge is 0.338 e. The van der Waals surface area contributed by atoms with Gasteiger partial charge in [0.05, 0.1) is 10.4 Å². The molecule has 2 heterocycles. The van der Waals surface area contributed by atoms with Crippen molar-refractivity contribution in [2.24, 2.45) is 0 Å². The van der Waals surface area contributed by atoms with E-state index in [1.54, 1.807) is 17.2 Å². The number of Topliss-reactive ketones (excluding diaryl/α,β-unsaturated/α-hetero) is 1. The van der Waals surface area contributed by atoms with Crippen molar-refractivity contribution in [3.8, 4) is 11.1 Å². The number of aromatic nitrogens is 1. The fourth-order valence-electron chi connectivity index (χ4n) is 4.22. The molecule has 33 heavy (non-hydrogen) atoms. The molecular weight excluding hydrogens is 436 g/mol. The second-order valence-electron chi connectivity index (χ2n) is 8.08. The molecule has 166 valence electrons. The first-order valence-corrected chi connectivity index (χ1v) is 12.2. The van der Waals surface area contributed by atoms with Gasteiger partial charge in [-0.15, -0.1) is 0 Å².